The molecule has 0 aliphatic heterocycles. The van der Waals surface area contributed by atoms with Crippen molar-refractivity contribution in [3.8, 4) is 17.2 Å². The number of aromatic carboxylic acids is 1. The summed E-state index contributed by atoms with van der Waals surface area (Å²) in [6.45, 7) is 5.79. The van der Waals surface area contributed by atoms with Crippen molar-refractivity contribution >= 4 is 33.4 Å². The predicted octanol–water partition coefficient (Wildman–Crippen LogP) is 3.03. The van der Waals surface area contributed by atoms with Crippen molar-refractivity contribution in [2.45, 2.75) is 26.9 Å². The minimum Gasteiger partial charge on any atom is -0.545 e. The van der Waals surface area contributed by atoms with E-state index in [1.165, 1.54) is 6.07 Å². The molecule has 0 amide bonds. The van der Waals surface area contributed by atoms with Crippen LogP contribution >= 0.6 is 0 Å². The molecule has 6 nitrogen and oxygen atoms in total. The van der Waals surface area contributed by atoms with E-state index < -0.39 is 5.97 Å². The Balaban J connectivity index is 0.00000280. The summed E-state index contributed by atoms with van der Waals surface area (Å²) in [4.78, 5) is 17.2. The Morgan fingerprint density at radius 3 is 2.62 bits per heavy atom. The molecule has 0 aliphatic carbocycles. The normalized spacial score (nSPS) is 12.1. The summed E-state index contributed by atoms with van der Waals surface area (Å²) in [7, 11) is 0. The molecule has 1 atom stereocenters. The Morgan fingerprint density at radius 2 is 1.84 bits per heavy atom. The number of carboxylic acid groups (broad SMARTS) is 1. The van der Waals surface area contributed by atoms with Crippen molar-refractivity contribution < 1.29 is 48.6 Å². The van der Waals surface area contributed by atoms with Crippen LogP contribution in [0.3, 0.4) is 0 Å². The van der Waals surface area contributed by atoms with Gasteiger partial charge in [-0.3, -0.25) is 0 Å². The molecule has 0 fully saturated rings. The number of furan rings is 1. The summed E-state index contributed by atoms with van der Waals surface area (Å²) in [6.07, 6.45) is 3.65. The molecule has 4 aromatic heterocycles. The molecule has 0 N–H and O–H groups in total. The minimum absolute atomic E-state index is 0. The zero-order valence-electron chi connectivity index (χ0n) is 21.1. The molecule has 4 heterocycles. The Labute approximate surface area is 235 Å². The molecule has 37 heavy (non-hydrogen) atoms. The average molecular weight is 499 g/mol. The number of carboxylic acids is 1. The maximum Gasteiger partial charge on any atom is 1.00 e. The van der Waals surface area contributed by atoms with Crippen molar-refractivity contribution in [2.75, 3.05) is 0 Å². The number of fused-ring (bicyclic) bond motifs is 3. The van der Waals surface area contributed by atoms with Gasteiger partial charge in [-0.05, 0) is 74.4 Å². The summed E-state index contributed by atoms with van der Waals surface area (Å²) in [5.74, 6) is -0.312. The third kappa shape index (κ3) is 4.31. The maximum atomic E-state index is 12.4. The van der Waals surface area contributed by atoms with Gasteiger partial charge in [-0.2, -0.15) is 0 Å². The van der Waals surface area contributed by atoms with Crippen molar-refractivity contribution in [3.63, 3.8) is 0 Å². The van der Waals surface area contributed by atoms with Crippen LogP contribution in [-0.2, 0) is 0 Å². The number of para-hydroxylation sites is 1. The molecule has 6 rings (SSSR count). The molecule has 6 aromatic rings. The number of hydrogen-bond acceptors (Lipinski definition) is 5. The Morgan fingerprint density at radius 1 is 1.03 bits per heavy atom. The van der Waals surface area contributed by atoms with E-state index >= 15 is 0 Å². The molecule has 0 bridgehead atoms. The van der Waals surface area contributed by atoms with Gasteiger partial charge in [-0.1, -0.05) is 24.3 Å². The van der Waals surface area contributed by atoms with E-state index in [-0.39, 0.29) is 41.2 Å². The number of rotatable bonds is 5. The van der Waals surface area contributed by atoms with Crippen LogP contribution in [0.25, 0.3) is 38.8 Å². The number of nitrogens with zero attached hydrogens (tertiary/aromatic N) is 2. The van der Waals surface area contributed by atoms with E-state index in [9.17, 15) is 9.90 Å². The van der Waals surface area contributed by atoms with Gasteiger partial charge in [-0.15, -0.1) is 0 Å². The summed E-state index contributed by atoms with van der Waals surface area (Å²) in [5.41, 5.74) is 5.50. The van der Waals surface area contributed by atoms with Crippen LogP contribution in [0.4, 0.5) is 0 Å². The Kier molecular flexibility index (Phi) is 6.58. The number of carbonyl (C=O) groups is 1. The minimum atomic E-state index is -1.30. The summed E-state index contributed by atoms with van der Waals surface area (Å²) in [6, 6.07) is 21.0. The molecule has 0 spiro atoms. The van der Waals surface area contributed by atoms with Crippen LogP contribution in [-0.4, -0.2) is 15.4 Å². The van der Waals surface area contributed by atoms with Crippen molar-refractivity contribution in [3.05, 3.63) is 101 Å². The predicted molar refractivity (Wildman–Crippen MR) is 137 cm³/mol. The quantitative estimate of drug-likeness (QED) is 0.342. The van der Waals surface area contributed by atoms with Crippen molar-refractivity contribution in [1.82, 2.24) is 9.38 Å². The molecule has 178 valence electrons. The van der Waals surface area contributed by atoms with E-state index in [4.69, 9.17) is 14.1 Å². The number of pyridine rings is 2. The second-order valence-corrected chi connectivity index (χ2v) is 9.06. The Hall–Kier alpha value is -3.58. The average Bonchev–Trinajstić information content (AvgIpc) is 3.49. The third-order valence-corrected chi connectivity index (χ3v) is 6.75. The standard InChI is InChI=1S/C30H24N2O4.Na/c1-17-10-11-26(35-19(3)20-12-14-32-13-6-7-21(32)15-20)27-23(30(33)34)16-24(31-28(17)27)29-18(2)22-8-4-5-9-25(22)36-29;/h4-16,19H,1-3H3,(H,33,34);/q;+1/p-1/t19-;/m0./s1. The number of ether oxygens (including phenoxy) is 1. The number of benzene rings is 2. The van der Waals surface area contributed by atoms with Crippen LogP contribution in [0.5, 0.6) is 5.75 Å². The first-order chi connectivity index (χ1) is 17.4. The fourth-order valence-corrected chi connectivity index (χ4v) is 4.80. The summed E-state index contributed by atoms with van der Waals surface area (Å²) in [5, 5.41) is 13.7. The van der Waals surface area contributed by atoms with Crippen LogP contribution in [0.2, 0.25) is 0 Å². The first-order valence-corrected chi connectivity index (χ1v) is 11.8. The van der Waals surface area contributed by atoms with Gasteiger partial charge in [-0.25, -0.2) is 4.98 Å². The molecule has 0 saturated heterocycles. The van der Waals surface area contributed by atoms with Crippen molar-refractivity contribution in [2.24, 2.45) is 0 Å². The van der Waals surface area contributed by atoms with E-state index in [1.54, 1.807) is 6.07 Å². The van der Waals surface area contributed by atoms with Crippen LogP contribution in [0.1, 0.15) is 40.1 Å². The first-order valence-electron chi connectivity index (χ1n) is 11.8. The first kappa shape index (κ1) is 25.1. The number of hydrogen-bond donors (Lipinski definition) is 0. The van der Waals surface area contributed by atoms with Crippen LogP contribution < -0.4 is 39.4 Å². The SMILES string of the molecule is Cc1c(-c2cc(C(=O)[O-])c3c(O[C@@H](C)c4ccn5cccc5c4)ccc(C)c3n2)oc2ccccc12.[Na+]. The second kappa shape index (κ2) is 9.71. The second-order valence-electron chi connectivity index (χ2n) is 9.06. The van der Waals surface area contributed by atoms with E-state index in [0.717, 1.165) is 33.2 Å². The van der Waals surface area contributed by atoms with Crippen LogP contribution in [0.15, 0.2) is 83.5 Å². The number of aryl methyl sites for hydroxylation is 2. The van der Waals surface area contributed by atoms with E-state index in [1.807, 2.05) is 86.1 Å². The van der Waals surface area contributed by atoms with Gasteiger partial charge in [0.1, 0.15) is 23.1 Å². The molecule has 0 saturated carbocycles. The van der Waals surface area contributed by atoms with E-state index in [0.29, 0.717) is 28.1 Å². The smallest absolute Gasteiger partial charge is 0.545 e. The molecule has 0 unspecified atom stereocenters. The van der Waals surface area contributed by atoms with Gasteiger partial charge in [0.05, 0.1) is 16.9 Å². The van der Waals surface area contributed by atoms with E-state index in [2.05, 4.69) is 6.07 Å². The van der Waals surface area contributed by atoms with Gasteiger partial charge in [0.2, 0.25) is 0 Å². The molecular weight excluding hydrogens is 475 g/mol. The molecule has 7 heteroatoms. The largest absolute Gasteiger partial charge is 1.00 e. The Bertz CT molecular complexity index is 1800. The zero-order chi connectivity index (χ0) is 25.0. The molecule has 0 aliphatic rings. The summed E-state index contributed by atoms with van der Waals surface area (Å²) < 4.78 is 14.4. The van der Waals surface area contributed by atoms with Crippen molar-refractivity contribution in [1.29, 1.82) is 0 Å². The van der Waals surface area contributed by atoms with Gasteiger partial charge in [0, 0.05) is 34.4 Å². The van der Waals surface area contributed by atoms with Gasteiger partial charge in [0.25, 0.3) is 0 Å². The van der Waals surface area contributed by atoms with Gasteiger partial charge < -0.3 is 23.5 Å². The van der Waals surface area contributed by atoms with Gasteiger partial charge >= 0.3 is 29.6 Å². The molecular formula is C30H23N2NaO4. The maximum absolute atomic E-state index is 12.4. The molecule has 0 radical (unpaired) electrons. The monoisotopic (exact) mass is 498 g/mol. The zero-order valence-corrected chi connectivity index (χ0v) is 23.1. The van der Waals surface area contributed by atoms with Crippen LogP contribution in [0, 0.1) is 13.8 Å². The summed E-state index contributed by atoms with van der Waals surface area (Å²) >= 11 is 0. The number of aromatic nitrogens is 2. The van der Waals surface area contributed by atoms with Gasteiger partial charge in [0.15, 0.2) is 5.76 Å². The topological polar surface area (TPSA) is 79.8 Å². The number of carbonyl (C=O) groups excluding carboxylic acids is 1. The third-order valence-electron chi connectivity index (χ3n) is 6.75. The fourth-order valence-electron chi connectivity index (χ4n) is 4.80. The fraction of sp³-hybridized carbons (Fsp3) is 0.133. The molecule has 2 aromatic carbocycles.